The largest absolute Gasteiger partial charge is 0.454 e. The molecule has 7 aromatic rings. The van der Waals surface area contributed by atoms with E-state index in [1.54, 1.807) is 0 Å². The summed E-state index contributed by atoms with van der Waals surface area (Å²) in [5, 5.41) is 2.27. The molecule has 0 radical (unpaired) electrons. The second-order valence-corrected chi connectivity index (χ2v) is 16.5. The molecule has 0 N–H and O–H groups in total. The molecule has 0 aliphatic heterocycles. The maximum absolute atomic E-state index is 6.77. The number of furan rings is 1. The number of benzene rings is 6. The molecule has 0 spiro atoms. The van der Waals surface area contributed by atoms with Crippen LogP contribution in [0.3, 0.4) is 0 Å². The summed E-state index contributed by atoms with van der Waals surface area (Å²) in [7, 11) is 0. The molecule has 248 valence electrons. The van der Waals surface area contributed by atoms with Crippen LogP contribution in [0, 0.1) is 6.92 Å². The first-order chi connectivity index (χ1) is 24.0. The van der Waals surface area contributed by atoms with Crippen LogP contribution < -0.4 is 4.90 Å². The van der Waals surface area contributed by atoms with Crippen LogP contribution in [0.5, 0.6) is 0 Å². The molecule has 9 rings (SSSR count). The highest BCUT2D eigenvalue weighted by Crippen LogP contribution is 2.57. The van der Waals surface area contributed by atoms with E-state index in [2.05, 4.69) is 175 Å². The van der Waals surface area contributed by atoms with Gasteiger partial charge in [-0.05, 0) is 112 Å². The van der Waals surface area contributed by atoms with Gasteiger partial charge >= 0.3 is 0 Å². The first-order valence-electron chi connectivity index (χ1n) is 18.2. The monoisotopic (exact) mass is 651 g/mol. The lowest BCUT2D eigenvalue weighted by Gasteiger charge is -2.44. The Hall–Kier alpha value is -5.08. The molecule has 0 saturated heterocycles. The van der Waals surface area contributed by atoms with Crippen molar-refractivity contribution in [2.75, 3.05) is 4.90 Å². The summed E-state index contributed by atoms with van der Waals surface area (Å²) < 4.78 is 6.77. The Labute approximate surface area is 296 Å². The van der Waals surface area contributed by atoms with Crippen molar-refractivity contribution in [3.05, 3.63) is 149 Å². The third-order valence-electron chi connectivity index (χ3n) is 12.0. The van der Waals surface area contributed by atoms with Crippen LogP contribution in [0.1, 0.15) is 82.2 Å². The molecular formula is C48H45NO. The average Bonchev–Trinajstić information content (AvgIpc) is 3.60. The van der Waals surface area contributed by atoms with Crippen molar-refractivity contribution >= 4 is 39.0 Å². The molecule has 0 bridgehead atoms. The fourth-order valence-electron chi connectivity index (χ4n) is 9.22. The van der Waals surface area contributed by atoms with E-state index in [0.29, 0.717) is 0 Å². The smallest absolute Gasteiger partial charge is 0.159 e. The van der Waals surface area contributed by atoms with E-state index in [4.69, 9.17) is 4.42 Å². The quantitative estimate of drug-likeness (QED) is 0.188. The lowest BCUT2D eigenvalue weighted by molar-refractivity contribution is 0.332. The summed E-state index contributed by atoms with van der Waals surface area (Å²) in [6, 6.07) is 44.7. The average molecular weight is 652 g/mol. The highest BCUT2D eigenvalue weighted by Gasteiger charge is 2.42. The number of nitrogens with zero attached hydrogens (tertiary/aromatic N) is 1. The summed E-state index contributed by atoms with van der Waals surface area (Å²) in [6.07, 6.45) is 2.33. The van der Waals surface area contributed by atoms with Crippen molar-refractivity contribution in [1.29, 1.82) is 0 Å². The summed E-state index contributed by atoms with van der Waals surface area (Å²) >= 11 is 0. The minimum Gasteiger partial charge on any atom is -0.454 e. The second kappa shape index (κ2) is 10.7. The zero-order valence-corrected chi connectivity index (χ0v) is 30.3. The Balaban J connectivity index is 1.44. The highest BCUT2D eigenvalue weighted by atomic mass is 16.3. The molecule has 0 fully saturated rings. The normalized spacial score (nSPS) is 16.6. The maximum atomic E-state index is 6.77. The first kappa shape index (κ1) is 30.9. The number of fused-ring (bicyclic) bond motifs is 7. The van der Waals surface area contributed by atoms with Crippen LogP contribution >= 0.6 is 0 Å². The van der Waals surface area contributed by atoms with Crippen molar-refractivity contribution in [3.8, 4) is 22.3 Å². The van der Waals surface area contributed by atoms with E-state index >= 15 is 0 Å². The SMILES string of the molecule is Cc1ccc2c(c1-c1cc3c(cc1N(c1ccccc1)c1cccc4c1oc1ccccc14)C(C)(C)c1ccccc1-3)C(C)(C)CCC2(C)C. The van der Waals surface area contributed by atoms with Gasteiger partial charge in [-0.2, -0.15) is 0 Å². The third kappa shape index (κ3) is 4.40. The van der Waals surface area contributed by atoms with Crippen molar-refractivity contribution in [3.63, 3.8) is 0 Å². The van der Waals surface area contributed by atoms with Gasteiger partial charge in [0.15, 0.2) is 5.58 Å². The van der Waals surface area contributed by atoms with E-state index in [-0.39, 0.29) is 16.2 Å². The molecule has 0 unspecified atom stereocenters. The van der Waals surface area contributed by atoms with Crippen LogP contribution in [0.15, 0.2) is 126 Å². The van der Waals surface area contributed by atoms with Gasteiger partial charge in [-0.25, -0.2) is 0 Å². The molecule has 50 heavy (non-hydrogen) atoms. The zero-order chi connectivity index (χ0) is 34.6. The molecule has 6 aromatic carbocycles. The second-order valence-electron chi connectivity index (χ2n) is 16.5. The van der Waals surface area contributed by atoms with Crippen molar-refractivity contribution in [1.82, 2.24) is 0 Å². The molecule has 1 aromatic heterocycles. The lowest BCUT2D eigenvalue weighted by Crippen LogP contribution is -2.34. The zero-order valence-electron chi connectivity index (χ0n) is 30.3. The van der Waals surface area contributed by atoms with Crippen molar-refractivity contribution in [2.45, 2.75) is 77.6 Å². The number of anilines is 3. The summed E-state index contributed by atoms with van der Waals surface area (Å²) in [6.45, 7) is 16.9. The third-order valence-corrected chi connectivity index (χ3v) is 12.0. The van der Waals surface area contributed by atoms with Gasteiger partial charge in [-0.1, -0.05) is 126 Å². The Morgan fingerprint density at radius 1 is 0.540 bits per heavy atom. The number of hydrogen-bond acceptors (Lipinski definition) is 2. The van der Waals surface area contributed by atoms with Gasteiger partial charge in [-0.15, -0.1) is 0 Å². The fraction of sp³-hybridized carbons (Fsp3) is 0.250. The number of rotatable bonds is 4. The van der Waals surface area contributed by atoms with Crippen molar-refractivity contribution < 1.29 is 4.42 Å². The molecule has 0 atom stereocenters. The minimum absolute atomic E-state index is 0.0238. The van der Waals surface area contributed by atoms with Gasteiger partial charge in [0.05, 0.1) is 11.4 Å². The number of para-hydroxylation sites is 3. The molecule has 1 heterocycles. The summed E-state index contributed by atoms with van der Waals surface area (Å²) in [5.74, 6) is 0. The van der Waals surface area contributed by atoms with Crippen LogP contribution in [0.2, 0.25) is 0 Å². The van der Waals surface area contributed by atoms with E-state index < -0.39 is 0 Å². The van der Waals surface area contributed by atoms with E-state index in [9.17, 15) is 0 Å². The Morgan fingerprint density at radius 3 is 2.06 bits per heavy atom. The standard InChI is InChI=1S/C48H45NO/c1-30-24-25-38-44(47(4,5)27-26-46(38,2)3)43(30)36-28-35-32-18-11-13-21-37(32)48(6,7)39(35)29-41(36)49(31-16-9-8-10-17-31)40-22-15-20-34-33-19-12-14-23-42(33)50-45(34)40/h8-25,28-29H,26-27H2,1-7H3. The van der Waals surface area contributed by atoms with E-state index in [0.717, 1.165) is 39.7 Å². The topological polar surface area (TPSA) is 16.4 Å². The van der Waals surface area contributed by atoms with Gasteiger partial charge < -0.3 is 9.32 Å². The Bertz CT molecular complexity index is 2470. The minimum atomic E-state index is -0.153. The van der Waals surface area contributed by atoms with Crippen molar-refractivity contribution in [2.24, 2.45) is 0 Å². The van der Waals surface area contributed by atoms with Gasteiger partial charge in [-0.3, -0.25) is 0 Å². The maximum Gasteiger partial charge on any atom is 0.159 e. The fourth-order valence-corrected chi connectivity index (χ4v) is 9.22. The first-order valence-corrected chi connectivity index (χ1v) is 18.2. The molecule has 0 saturated carbocycles. The Morgan fingerprint density at radius 2 is 1.24 bits per heavy atom. The van der Waals surface area contributed by atoms with Gasteiger partial charge in [0.25, 0.3) is 0 Å². The Kier molecular flexibility index (Phi) is 6.63. The van der Waals surface area contributed by atoms with Gasteiger partial charge in [0, 0.05) is 27.4 Å². The molecule has 2 aliphatic carbocycles. The van der Waals surface area contributed by atoms with Crippen LogP contribution in [-0.4, -0.2) is 0 Å². The molecule has 2 nitrogen and oxygen atoms in total. The summed E-state index contributed by atoms with van der Waals surface area (Å²) in [4.78, 5) is 2.47. The highest BCUT2D eigenvalue weighted by molar-refractivity contribution is 6.11. The lowest BCUT2D eigenvalue weighted by atomic mass is 9.61. The number of hydrogen-bond donors (Lipinski definition) is 0. The number of aryl methyl sites for hydroxylation is 1. The predicted octanol–water partition coefficient (Wildman–Crippen LogP) is 13.7. The molecule has 0 amide bonds. The van der Waals surface area contributed by atoms with Gasteiger partial charge in [0.1, 0.15) is 5.58 Å². The van der Waals surface area contributed by atoms with Crippen LogP contribution in [0.25, 0.3) is 44.2 Å². The van der Waals surface area contributed by atoms with Gasteiger partial charge in [0.2, 0.25) is 0 Å². The van der Waals surface area contributed by atoms with E-state index in [1.165, 1.54) is 62.2 Å². The molecule has 2 aliphatic rings. The summed E-state index contributed by atoms with van der Waals surface area (Å²) in [5.41, 5.74) is 17.5. The van der Waals surface area contributed by atoms with Crippen LogP contribution in [-0.2, 0) is 16.2 Å². The molecular weight excluding hydrogens is 607 g/mol. The molecule has 2 heteroatoms. The predicted molar refractivity (Wildman–Crippen MR) is 211 cm³/mol. The van der Waals surface area contributed by atoms with Crippen LogP contribution in [0.4, 0.5) is 17.1 Å². The van der Waals surface area contributed by atoms with E-state index in [1.807, 2.05) is 0 Å².